The molecule has 0 saturated carbocycles. The normalized spacial score (nSPS) is 19.5. The van der Waals surface area contributed by atoms with Gasteiger partial charge in [0.25, 0.3) is 0 Å². The summed E-state index contributed by atoms with van der Waals surface area (Å²) in [7, 11) is 0. The van der Waals surface area contributed by atoms with E-state index in [-0.39, 0.29) is 20.3 Å². The van der Waals surface area contributed by atoms with E-state index < -0.39 is 0 Å². The van der Waals surface area contributed by atoms with Crippen molar-refractivity contribution >= 4 is 5.57 Å². The van der Waals surface area contributed by atoms with Crippen LogP contribution in [-0.4, -0.2) is 0 Å². The van der Waals surface area contributed by atoms with Gasteiger partial charge < -0.3 is 1.43 Å². The van der Waals surface area contributed by atoms with E-state index in [1.807, 2.05) is 0 Å². The maximum absolute atomic E-state index is 2.32. The fraction of sp³-hybridized carbons (Fsp3) is 0.273. The van der Waals surface area contributed by atoms with Crippen molar-refractivity contribution in [3.05, 3.63) is 41.5 Å². The average Bonchev–Trinajstić information content (AvgIpc) is 2.30. The van der Waals surface area contributed by atoms with Crippen molar-refractivity contribution in [2.75, 3.05) is 0 Å². The van der Waals surface area contributed by atoms with Crippen molar-refractivity contribution in [1.29, 1.82) is 0 Å². The van der Waals surface area contributed by atoms with Crippen LogP contribution in [0, 0.1) is 0 Å². The van der Waals surface area contributed by atoms with Gasteiger partial charge >= 0.3 is 18.9 Å². The van der Waals surface area contributed by atoms with Crippen LogP contribution in [0.15, 0.2) is 30.3 Å². The van der Waals surface area contributed by atoms with Gasteiger partial charge in [0.2, 0.25) is 0 Å². The van der Waals surface area contributed by atoms with Gasteiger partial charge in [-0.05, 0) is 23.6 Å². The van der Waals surface area contributed by atoms with E-state index in [4.69, 9.17) is 0 Å². The third-order valence-corrected chi connectivity index (χ3v) is 2.38. The van der Waals surface area contributed by atoms with Crippen LogP contribution in [-0.2, 0) is 0 Å². The summed E-state index contributed by atoms with van der Waals surface area (Å²) >= 11 is 0. The summed E-state index contributed by atoms with van der Waals surface area (Å²) in [6.07, 6.45) is 2.32. The van der Waals surface area contributed by atoms with Crippen molar-refractivity contribution in [1.82, 2.24) is 0 Å². The van der Waals surface area contributed by atoms with Crippen LogP contribution < -0.4 is 18.9 Å². The molecular weight excluding hydrogens is 139 g/mol. The molecule has 0 N–H and O–H groups in total. The van der Waals surface area contributed by atoms with E-state index in [9.17, 15) is 0 Å². The van der Waals surface area contributed by atoms with Crippen LogP contribution in [0.4, 0.5) is 0 Å². The summed E-state index contributed by atoms with van der Waals surface area (Å²) in [6, 6.07) is 8.63. The van der Waals surface area contributed by atoms with Crippen molar-refractivity contribution in [3.63, 3.8) is 0 Å². The Morgan fingerprint density at radius 3 is 2.58 bits per heavy atom. The zero-order valence-electron chi connectivity index (χ0n) is 8.96. The first kappa shape index (κ1) is 9.64. The van der Waals surface area contributed by atoms with Crippen molar-refractivity contribution in [2.24, 2.45) is 0 Å². The summed E-state index contributed by atoms with van der Waals surface area (Å²) in [5.74, 6) is 0.617. The molecule has 0 fully saturated rings. The van der Waals surface area contributed by atoms with E-state index in [0.717, 1.165) is 0 Å². The van der Waals surface area contributed by atoms with E-state index in [1.54, 1.807) is 0 Å². The van der Waals surface area contributed by atoms with Gasteiger partial charge in [0.1, 0.15) is 0 Å². The molecule has 1 aromatic carbocycles. The molecule has 0 spiro atoms. The maximum atomic E-state index is 2.32. The van der Waals surface area contributed by atoms with Crippen LogP contribution in [0.3, 0.4) is 0 Å². The van der Waals surface area contributed by atoms with E-state index in [1.165, 1.54) is 16.7 Å². The van der Waals surface area contributed by atoms with Gasteiger partial charge in [-0.25, -0.2) is 0 Å². The second-order valence-corrected chi connectivity index (χ2v) is 3.23. The zero-order chi connectivity index (χ0) is 7.84. The topological polar surface area (TPSA) is 0 Å². The first-order valence-corrected chi connectivity index (χ1v) is 4.07. The van der Waals surface area contributed by atoms with Gasteiger partial charge in [-0.1, -0.05) is 37.3 Å². The predicted molar refractivity (Wildman–Crippen MR) is 49.6 cm³/mol. The first-order chi connectivity index (χ1) is 5.29. The minimum absolute atomic E-state index is 0. The Kier molecular flexibility index (Phi) is 2.83. The second kappa shape index (κ2) is 3.52. The summed E-state index contributed by atoms with van der Waals surface area (Å²) in [6.45, 7) is 4.43. The summed E-state index contributed by atoms with van der Waals surface area (Å²) < 4.78 is 0. The van der Waals surface area contributed by atoms with Crippen LogP contribution in [0.2, 0.25) is 0 Å². The van der Waals surface area contributed by atoms with E-state index in [0.29, 0.717) is 5.92 Å². The smallest absolute Gasteiger partial charge is 1.00 e. The summed E-state index contributed by atoms with van der Waals surface area (Å²) in [5, 5.41) is 0. The maximum Gasteiger partial charge on any atom is 1.00 e. The van der Waals surface area contributed by atoms with Crippen LogP contribution >= 0.6 is 0 Å². The molecule has 0 aliphatic heterocycles. The summed E-state index contributed by atoms with van der Waals surface area (Å²) in [4.78, 5) is 0. The first-order valence-electron chi connectivity index (χ1n) is 4.07. The van der Waals surface area contributed by atoms with Crippen LogP contribution in [0.1, 0.15) is 32.3 Å². The van der Waals surface area contributed by atoms with Crippen molar-refractivity contribution in [3.8, 4) is 0 Å². The van der Waals surface area contributed by atoms with Gasteiger partial charge in [-0.15, -0.1) is 0 Å². The number of fused-ring (bicyclic) bond motifs is 1. The minimum atomic E-state index is 0. The van der Waals surface area contributed by atoms with E-state index >= 15 is 0 Å². The summed E-state index contributed by atoms with van der Waals surface area (Å²) in [5.41, 5.74) is 4.33. The van der Waals surface area contributed by atoms with Gasteiger partial charge in [-0.3, -0.25) is 0 Å². The number of hydrogen-bond donors (Lipinski definition) is 0. The van der Waals surface area contributed by atoms with Crippen molar-refractivity contribution in [2.45, 2.75) is 19.8 Å². The molecule has 1 aliphatic rings. The molecule has 12 heavy (non-hydrogen) atoms. The fourth-order valence-electron chi connectivity index (χ4n) is 1.81. The van der Waals surface area contributed by atoms with Crippen LogP contribution in [0.25, 0.3) is 5.57 Å². The molecule has 0 aromatic heterocycles. The Balaban J connectivity index is 0.000000720. The molecule has 2 rings (SSSR count). The SMILES string of the molecule is CC1=CC(C)c2ccccc21.[H-].[Li+]. The third kappa shape index (κ3) is 1.38. The van der Waals surface area contributed by atoms with Crippen molar-refractivity contribution < 1.29 is 20.3 Å². The minimum Gasteiger partial charge on any atom is -1.00 e. The van der Waals surface area contributed by atoms with Gasteiger partial charge in [0, 0.05) is 5.92 Å². The molecule has 1 atom stereocenters. The molecular formula is C11H13Li. The molecule has 0 amide bonds. The Morgan fingerprint density at radius 2 is 1.92 bits per heavy atom. The Labute approximate surface area is 87.3 Å². The number of allylic oxidation sites excluding steroid dienone is 2. The molecule has 1 heteroatoms. The Morgan fingerprint density at radius 1 is 1.25 bits per heavy atom. The molecule has 0 bridgehead atoms. The third-order valence-electron chi connectivity index (χ3n) is 2.38. The van der Waals surface area contributed by atoms with Crippen LogP contribution in [0.5, 0.6) is 0 Å². The molecule has 0 nitrogen and oxygen atoms in total. The second-order valence-electron chi connectivity index (χ2n) is 3.23. The largest absolute Gasteiger partial charge is 1.00 e. The fourth-order valence-corrected chi connectivity index (χ4v) is 1.81. The molecule has 1 aromatic rings. The standard InChI is InChI=1S/C11H12.Li.H/c1-8-7-9(2)11-6-4-3-5-10(8)11;;/h3-8H,1-2H3;;/q;+1;-1. The molecule has 0 heterocycles. The molecule has 1 unspecified atom stereocenters. The molecule has 0 saturated heterocycles. The molecule has 1 aliphatic carbocycles. The predicted octanol–water partition coefficient (Wildman–Crippen LogP) is 0.323. The molecule has 0 radical (unpaired) electrons. The number of rotatable bonds is 0. The quantitative estimate of drug-likeness (QED) is 0.470. The van der Waals surface area contributed by atoms with E-state index in [2.05, 4.69) is 44.2 Å². The Hall–Kier alpha value is -0.443. The monoisotopic (exact) mass is 152 g/mol. The van der Waals surface area contributed by atoms with Gasteiger partial charge in [0.15, 0.2) is 0 Å². The number of benzene rings is 1. The average molecular weight is 152 g/mol. The zero-order valence-corrected chi connectivity index (χ0v) is 7.96. The Bertz CT molecular complexity index is 318. The number of hydrogen-bond acceptors (Lipinski definition) is 0. The van der Waals surface area contributed by atoms with Gasteiger partial charge in [0.05, 0.1) is 0 Å². The molecule has 58 valence electrons. The van der Waals surface area contributed by atoms with Gasteiger partial charge in [-0.2, -0.15) is 0 Å².